The fourth-order valence-corrected chi connectivity index (χ4v) is 3.76. The monoisotopic (exact) mass is 350 g/mol. The Hall–Kier alpha value is -1.53. The van der Waals surface area contributed by atoms with Crippen LogP contribution in [0.2, 0.25) is 0 Å². The molecule has 6 heteroatoms. The lowest BCUT2D eigenvalue weighted by Gasteiger charge is -2.23. The Morgan fingerprint density at radius 3 is 2.96 bits per heavy atom. The van der Waals surface area contributed by atoms with Crippen molar-refractivity contribution >= 4 is 23.6 Å². The molecule has 2 rings (SSSR count). The predicted molar refractivity (Wildman–Crippen MR) is 97.1 cm³/mol. The number of carbonyl (C=O) groups excluding carboxylic acids is 2. The number of amides is 1. The number of methoxy groups -OCH3 is 1. The van der Waals surface area contributed by atoms with Crippen LogP contribution in [-0.4, -0.2) is 49.6 Å². The minimum absolute atomic E-state index is 0.0202. The van der Waals surface area contributed by atoms with Gasteiger partial charge in [0, 0.05) is 37.1 Å². The molecule has 0 saturated carbocycles. The third-order valence-electron chi connectivity index (χ3n) is 4.07. The number of aryl methyl sites for hydroxylation is 1. The van der Waals surface area contributed by atoms with E-state index in [9.17, 15) is 9.59 Å². The quantitative estimate of drug-likeness (QED) is 0.730. The third kappa shape index (κ3) is 6.17. The predicted octanol–water partition coefficient (Wildman–Crippen LogP) is 1.54. The van der Waals surface area contributed by atoms with E-state index in [2.05, 4.69) is 16.7 Å². The average Bonchev–Trinajstić information content (AvgIpc) is 2.59. The molecular formula is C18H26N2O3S. The number of nitrogens with one attached hydrogen (secondary N) is 2. The highest BCUT2D eigenvalue weighted by Crippen LogP contribution is 2.13. The normalized spacial score (nSPS) is 18.7. The van der Waals surface area contributed by atoms with Crippen molar-refractivity contribution in [3.05, 3.63) is 35.4 Å². The summed E-state index contributed by atoms with van der Waals surface area (Å²) in [6.07, 6.45) is 1.01. The Labute approximate surface area is 147 Å². The SMILES string of the molecule is COC(=O)C(CNC(=O)CC1CSCCN1)Cc1cccc(C)c1. The van der Waals surface area contributed by atoms with Crippen LogP contribution in [0, 0.1) is 12.8 Å². The Balaban J connectivity index is 1.86. The summed E-state index contributed by atoms with van der Waals surface area (Å²) in [6.45, 7) is 3.27. The van der Waals surface area contributed by atoms with Gasteiger partial charge < -0.3 is 15.4 Å². The van der Waals surface area contributed by atoms with E-state index in [-0.39, 0.29) is 23.8 Å². The number of hydrogen-bond donors (Lipinski definition) is 2. The highest BCUT2D eigenvalue weighted by atomic mass is 32.2. The molecule has 5 nitrogen and oxygen atoms in total. The molecule has 1 saturated heterocycles. The topological polar surface area (TPSA) is 67.4 Å². The van der Waals surface area contributed by atoms with E-state index in [1.54, 1.807) is 0 Å². The zero-order valence-electron chi connectivity index (χ0n) is 14.3. The number of esters is 1. The molecule has 0 radical (unpaired) electrons. The van der Waals surface area contributed by atoms with E-state index in [0.29, 0.717) is 19.4 Å². The van der Waals surface area contributed by atoms with Gasteiger partial charge in [-0.05, 0) is 18.9 Å². The fourth-order valence-electron chi connectivity index (χ4n) is 2.81. The van der Waals surface area contributed by atoms with Crippen LogP contribution in [-0.2, 0) is 20.7 Å². The number of carbonyl (C=O) groups is 2. The van der Waals surface area contributed by atoms with Gasteiger partial charge in [0.2, 0.25) is 5.91 Å². The molecule has 0 aliphatic carbocycles. The van der Waals surface area contributed by atoms with E-state index >= 15 is 0 Å². The zero-order chi connectivity index (χ0) is 17.4. The second-order valence-electron chi connectivity index (χ2n) is 6.15. The maximum atomic E-state index is 12.1. The minimum atomic E-state index is -0.366. The molecule has 0 bridgehead atoms. The summed E-state index contributed by atoms with van der Waals surface area (Å²) in [5.41, 5.74) is 2.23. The molecular weight excluding hydrogens is 324 g/mol. The highest BCUT2D eigenvalue weighted by molar-refractivity contribution is 7.99. The lowest BCUT2D eigenvalue weighted by Crippen LogP contribution is -2.42. The maximum Gasteiger partial charge on any atom is 0.310 e. The molecule has 1 aliphatic rings. The van der Waals surface area contributed by atoms with E-state index in [0.717, 1.165) is 29.2 Å². The number of rotatable bonds is 7. The first-order chi connectivity index (χ1) is 11.6. The Kier molecular flexibility index (Phi) is 7.59. The molecule has 24 heavy (non-hydrogen) atoms. The van der Waals surface area contributed by atoms with E-state index in [1.165, 1.54) is 7.11 Å². The van der Waals surface area contributed by atoms with Crippen LogP contribution >= 0.6 is 11.8 Å². The van der Waals surface area contributed by atoms with Crippen molar-refractivity contribution in [3.8, 4) is 0 Å². The van der Waals surface area contributed by atoms with Gasteiger partial charge in [0.15, 0.2) is 0 Å². The first-order valence-corrected chi connectivity index (χ1v) is 9.45. The molecule has 1 fully saturated rings. The highest BCUT2D eigenvalue weighted by Gasteiger charge is 2.22. The molecule has 2 unspecified atom stereocenters. The molecule has 2 atom stereocenters. The summed E-state index contributed by atoms with van der Waals surface area (Å²) >= 11 is 1.86. The lowest BCUT2D eigenvalue weighted by molar-refractivity contribution is -0.145. The largest absolute Gasteiger partial charge is 0.469 e. The van der Waals surface area contributed by atoms with Crippen molar-refractivity contribution in [2.24, 2.45) is 5.92 Å². The second kappa shape index (κ2) is 9.69. The van der Waals surface area contributed by atoms with E-state index in [4.69, 9.17) is 4.74 Å². The summed E-state index contributed by atoms with van der Waals surface area (Å²) < 4.78 is 4.89. The summed E-state index contributed by atoms with van der Waals surface area (Å²) in [5, 5.41) is 6.24. The van der Waals surface area contributed by atoms with E-state index in [1.807, 2.05) is 36.9 Å². The number of thioether (sulfide) groups is 1. The Morgan fingerprint density at radius 1 is 1.46 bits per heavy atom. The third-order valence-corrected chi connectivity index (χ3v) is 5.21. The zero-order valence-corrected chi connectivity index (χ0v) is 15.2. The van der Waals surface area contributed by atoms with Gasteiger partial charge in [-0.1, -0.05) is 29.8 Å². The van der Waals surface area contributed by atoms with Crippen LogP contribution in [0.3, 0.4) is 0 Å². The minimum Gasteiger partial charge on any atom is -0.469 e. The molecule has 132 valence electrons. The summed E-state index contributed by atoms with van der Waals surface area (Å²) in [4.78, 5) is 24.1. The van der Waals surface area contributed by atoms with Gasteiger partial charge in [-0.15, -0.1) is 0 Å². The van der Waals surface area contributed by atoms with Crippen LogP contribution in [0.5, 0.6) is 0 Å². The molecule has 0 spiro atoms. The smallest absolute Gasteiger partial charge is 0.310 e. The van der Waals surface area contributed by atoms with Gasteiger partial charge in [0.05, 0.1) is 13.0 Å². The van der Waals surface area contributed by atoms with Crippen LogP contribution in [0.1, 0.15) is 17.5 Å². The molecule has 1 aromatic rings. The first kappa shape index (κ1) is 18.8. The van der Waals surface area contributed by atoms with Crippen LogP contribution in [0.15, 0.2) is 24.3 Å². The van der Waals surface area contributed by atoms with Gasteiger partial charge in [-0.25, -0.2) is 0 Å². The van der Waals surface area contributed by atoms with Gasteiger partial charge in [0.1, 0.15) is 0 Å². The van der Waals surface area contributed by atoms with Crippen molar-refractivity contribution in [1.82, 2.24) is 10.6 Å². The molecule has 1 aromatic carbocycles. The van der Waals surface area contributed by atoms with Crippen LogP contribution in [0.4, 0.5) is 0 Å². The summed E-state index contributed by atoms with van der Waals surface area (Å²) in [6, 6.07) is 8.27. The number of benzene rings is 1. The van der Waals surface area contributed by atoms with E-state index < -0.39 is 0 Å². The molecule has 1 heterocycles. The molecule has 1 amide bonds. The van der Waals surface area contributed by atoms with Gasteiger partial charge >= 0.3 is 5.97 Å². The Morgan fingerprint density at radius 2 is 2.29 bits per heavy atom. The molecule has 0 aromatic heterocycles. The lowest BCUT2D eigenvalue weighted by atomic mass is 9.98. The maximum absolute atomic E-state index is 12.1. The van der Waals surface area contributed by atoms with Crippen LogP contribution < -0.4 is 10.6 Å². The van der Waals surface area contributed by atoms with Gasteiger partial charge in [0.25, 0.3) is 0 Å². The van der Waals surface area contributed by atoms with Gasteiger partial charge in [-0.3, -0.25) is 9.59 Å². The molecule has 2 N–H and O–H groups in total. The molecule has 1 aliphatic heterocycles. The van der Waals surface area contributed by atoms with Gasteiger partial charge in [-0.2, -0.15) is 11.8 Å². The second-order valence-corrected chi connectivity index (χ2v) is 7.30. The summed E-state index contributed by atoms with van der Waals surface area (Å²) in [5.74, 6) is 1.38. The number of hydrogen-bond acceptors (Lipinski definition) is 5. The summed E-state index contributed by atoms with van der Waals surface area (Å²) in [7, 11) is 1.39. The van der Waals surface area contributed by atoms with Crippen LogP contribution in [0.25, 0.3) is 0 Å². The first-order valence-electron chi connectivity index (χ1n) is 8.29. The fraction of sp³-hybridized carbons (Fsp3) is 0.556. The van der Waals surface area contributed by atoms with Crippen molar-refractivity contribution in [2.45, 2.75) is 25.8 Å². The average molecular weight is 350 g/mol. The van der Waals surface area contributed by atoms with Crippen molar-refractivity contribution < 1.29 is 14.3 Å². The van der Waals surface area contributed by atoms with Crippen molar-refractivity contribution in [3.63, 3.8) is 0 Å². The van der Waals surface area contributed by atoms with Crippen molar-refractivity contribution in [1.29, 1.82) is 0 Å². The Bertz CT molecular complexity index is 559. The standard InChI is InChI=1S/C18H26N2O3S/c1-13-4-3-5-14(8-13)9-15(18(22)23-2)11-20-17(21)10-16-12-24-7-6-19-16/h3-5,8,15-16,19H,6-7,9-12H2,1-2H3,(H,20,21). The number of ether oxygens (including phenoxy) is 1. The van der Waals surface area contributed by atoms with Crippen molar-refractivity contribution in [2.75, 3.05) is 31.7 Å².